The molecule has 2 aliphatic carbocycles. The number of carboxylic acids is 1. The molecule has 2 atom stereocenters. The number of likely N-dealkylation sites (tertiary alicyclic amines) is 1. The van der Waals surface area contributed by atoms with Gasteiger partial charge in [-0.2, -0.15) is 0 Å². The molecule has 1 N–H and O–H groups in total. The fraction of sp³-hybridized carbons (Fsp3) is 0.833. The highest BCUT2D eigenvalue weighted by Crippen LogP contribution is 2.49. The third kappa shape index (κ3) is 1.28. The van der Waals surface area contributed by atoms with Crippen molar-refractivity contribution in [2.45, 2.75) is 32.1 Å². The monoisotopic (exact) mass is 223 g/mol. The van der Waals surface area contributed by atoms with Crippen LogP contribution in [0.1, 0.15) is 32.1 Å². The van der Waals surface area contributed by atoms with Gasteiger partial charge < -0.3 is 10.0 Å². The van der Waals surface area contributed by atoms with Crippen molar-refractivity contribution in [3.63, 3.8) is 0 Å². The molecule has 3 fully saturated rings. The van der Waals surface area contributed by atoms with Crippen molar-refractivity contribution in [1.82, 2.24) is 4.90 Å². The summed E-state index contributed by atoms with van der Waals surface area (Å²) in [5.41, 5.74) is -0.607. The minimum atomic E-state index is -0.693. The summed E-state index contributed by atoms with van der Waals surface area (Å²) >= 11 is 0. The lowest BCUT2D eigenvalue weighted by atomic mass is 9.81. The van der Waals surface area contributed by atoms with Crippen LogP contribution < -0.4 is 0 Å². The number of carbonyl (C=O) groups excluding carboxylic acids is 1. The van der Waals surface area contributed by atoms with Gasteiger partial charge in [-0.1, -0.05) is 6.42 Å². The number of amides is 1. The van der Waals surface area contributed by atoms with E-state index in [4.69, 9.17) is 0 Å². The van der Waals surface area contributed by atoms with Crippen molar-refractivity contribution < 1.29 is 14.7 Å². The summed E-state index contributed by atoms with van der Waals surface area (Å²) in [4.78, 5) is 25.2. The Labute approximate surface area is 94.6 Å². The molecule has 0 aromatic rings. The SMILES string of the molecule is O=C(C1CC1)N1C[C@@H]2CCC[C@@]2(C(=O)O)C1. The standard InChI is InChI=1S/C12H17NO3/c14-10(8-3-4-8)13-6-9-2-1-5-12(9,7-13)11(15)16/h8-9H,1-7H2,(H,15,16)/t9-,12+/m0/s1. The van der Waals surface area contributed by atoms with Crippen LogP contribution in [-0.2, 0) is 9.59 Å². The number of carboxylic acid groups (broad SMARTS) is 1. The second-order valence-corrected chi connectivity index (χ2v) is 5.54. The van der Waals surface area contributed by atoms with Gasteiger partial charge in [0.05, 0.1) is 5.41 Å². The lowest BCUT2D eigenvalue weighted by Gasteiger charge is -2.23. The second-order valence-electron chi connectivity index (χ2n) is 5.54. The average Bonchev–Trinajstić information content (AvgIpc) is 2.88. The average molecular weight is 223 g/mol. The van der Waals surface area contributed by atoms with E-state index in [2.05, 4.69) is 0 Å². The molecule has 3 rings (SSSR count). The lowest BCUT2D eigenvalue weighted by Crippen LogP contribution is -2.37. The van der Waals surface area contributed by atoms with Crippen LogP contribution in [0.15, 0.2) is 0 Å². The fourth-order valence-corrected chi connectivity index (χ4v) is 3.40. The zero-order valence-electron chi connectivity index (χ0n) is 9.32. The molecule has 0 unspecified atom stereocenters. The predicted molar refractivity (Wildman–Crippen MR) is 56.7 cm³/mol. The van der Waals surface area contributed by atoms with E-state index in [0.29, 0.717) is 13.1 Å². The summed E-state index contributed by atoms with van der Waals surface area (Å²) in [6.45, 7) is 1.14. The van der Waals surface area contributed by atoms with Crippen LogP contribution >= 0.6 is 0 Å². The number of hydrogen-bond donors (Lipinski definition) is 1. The summed E-state index contributed by atoms with van der Waals surface area (Å²) in [7, 11) is 0. The molecule has 4 nitrogen and oxygen atoms in total. The van der Waals surface area contributed by atoms with Crippen LogP contribution in [0.3, 0.4) is 0 Å². The topological polar surface area (TPSA) is 57.6 Å². The number of nitrogens with zero attached hydrogens (tertiary/aromatic N) is 1. The van der Waals surface area contributed by atoms with Gasteiger partial charge in [0, 0.05) is 19.0 Å². The number of hydrogen-bond acceptors (Lipinski definition) is 2. The number of fused-ring (bicyclic) bond motifs is 1. The molecule has 0 aromatic carbocycles. The first kappa shape index (κ1) is 10.1. The maximum Gasteiger partial charge on any atom is 0.311 e. The molecule has 1 aliphatic heterocycles. The van der Waals surface area contributed by atoms with E-state index in [9.17, 15) is 14.7 Å². The van der Waals surface area contributed by atoms with Crippen LogP contribution in [0.2, 0.25) is 0 Å². The van der Waals surface area contributed by atoms with Crippen molar-refractivity contribution in [3.05, 3.63) is 0 Å². The minimum absolute atomic E-state index is 0.202. The molecule has 88 valence electrons. The van der Waals surface area contributed by atoms with E-state index in [-0.39, 0.29) is 17.7 Å². The highest BCUT2D eigenvalue weighted by atomic mass is 16.4. The summed E-state index contributed by atoms with van der Waals surface area (Å²) in [5.74, 6) is -0.0755. The van der Waals surface area contributed by atoms with E-state index in [0.717, 1.165) is 32.1 Å². The van der Waals surface area contributed by atoms with Gasteiger partial charge in [-0.05, 0) is 31.6 Å². The van der Waals surface area contributed by atoms with Gasteiger partial charge in [0.2, 0.25) is 5.91 Å². The summed E-state index contributed by atoms with van der Waals surface area (Å²) in [5, 5.41) is 9.39. The largest absolute Gasteiger partial charge is 0.481 e. The van der Waals surface area contributed by atoms with Gasteiger partial charge in [-0.15, -0.1) is 0 Å². The highest BCUT2D eigenvalue weighted by Gasteiger charge is 2.56. The first-order valence-electron chi connectivity index (χ1n) is 6.16. The van der Waals surface area contributed by atoms with Crippen LogP contribution in [0.5, 0.6) is 0 Å². The van der Waals surface area contributed by atoms with E-state index < -0.39 is 11.4 Å². The quantitative estimate of drug-likeness (QED) is 0.763. The Morgan fingerprint density at radius 1 is 1.25 bits per heavy atom. The van der Waals surface area contributed by atoms with Crippen LogP contribution in [0.4, 0.5) is 0 Å². The van der Waals surface area contributed by atoms with Crippen molar-refractivity contribution >= 4 is 11.9 Å². The summed E-state index contributed by atoms with van der Waals surface area (Å²) in [6.07, 6.45) is 4.73. The molecular weight excluding hydrogens is 206 g/mol. The molecule has 1 heterocycles. The Kier molecular flexibility index (Phi) is 2.03. The van der Waals surface area contributed by atoms with E-state index in [1.807, 2.05) is 4.90 Å². The van der Waals surface area contributed by atoms with Gasteiger partial charge >= 0.3 is 5.97 Å². The fourth-order valence-electron chi connectivity index (χ4n) is 3.40. The van der Waals surface area contributed by atoms with Crippen LogP contribution in [0.25, 0.3) is 0 Å². The third-order valence-corrected chi connectivity index (χ3v) is 4.53. The third-order valence-electron chi connectivity index (χ3n) is 4.53. The Morgan fingerprint density at radius 3 is 2.56 bits per heavy atom. The molecule has 3 aliphatic rings. The van der Waals surface area contributed by atoms with Crippen molar-refractivity contribution in [3.8, 4) is 0 Å². The smallest absolute Gasteiger partial charge is 0.311 e. The van der Waals surface area contributed by atoms with Crippen molar-refractivity contribution in [1.29, 1.82) is 0 Å². The highest BCUT2D eigenvalue weighted by molar-refractivity contribution is 5.84. The summed E-state index contributed by atoms with van der Waals surface area (Å²) in [6, 6.07) is 0. The maximum absolute atomic E-state index is 11.9. The van der Waals surface area contributed by atoms with Crippen molar-refractivity contribution in [2.75, 3.05) is 13.1 Å². The van der Waals surface area contributed by atoms with Gasteiger partial charge in [-0.25, -0.2) is 0 Å². The second kappa shape index (κ2) is 3.22. The van der Waals surface area contributed by atoms with Gasteiger partial charge in [0.25, 0.3) is 0 Å². The zero-order valence-corrected chi connectivity index (χ0v) is 9.32. The van der Waals surface area contributed by atoms with E-state index in [1.165, 1.54) is 0 Å². The zero-order chi connectivity index (χ0) is 11.3. The molecule has 0 bridgehead atoms. The Bertz CT molecular complexity index is 350. The first-order chi connectivity index (χ1) is 7.63. The summed E-state index contributed by atoms with van der Waals surface area (Å²) < 4.78 is 0. The Hall–Kier alpha value is -1.06. The van der Waals surface area contributed by atoms with E-state index >= 15 is 0 Å². The number of aliphatic carboxylic acids is 1. The Morgan fingerprint density at radius 2 is 2.00 bits per heavy atom. The van der Waals surface area contributed by atoms with Crippen LogP contribution in [0, 0.1) is 17.3 Å². The molecule has 16 heavy (non-hydrogen) atoms. The molecule has 0 spiro atoms. The molecule has 0 radical (unpaired) electrons. The molecule has 1 amide bonds. The maximum atomic E-state index is 11.9. The first-order valence-corrected chi connectivity index (χ1v) is 6.16. The van der Waals surface area contributed by atoms with Gasteiger partial charge in [0.1, 0.15) is 0 Å². The molecule has 0 aromatic heterocycles. The lowest BCUT2D eigenvalue weighted by molar-refractivity contribution is -0.149. The molecular formula is C12H17NO3. The predicted octanol–water partition coefficient (Wildman–Crippen LogP) is 1.11. The normalized spacial score (nSPS) is 37.5. The number of rotatable bonds is 2. The van der Waals surface area contributed by atoms with E-state index in [1.54, 1.807) is 0 Å². The van der Waals surface area contributed by atoms with Gasteiger partial charge in [0.15, 0.2) is 0 Å². The Balaban J connectivity index is 1.79. The molecule has 2 saturated carbocycles. The minimum Gasteiger partial charge on any atom is -0.481 e. The molecule has 4 heteroatoms. The van der Waals surface area contributed by atoms with Gasteiger partial charge in [-0.3, -0.25) is 9.59 Å². The van der Waals surface area contributed by atoms with Crippen LogP contribution in [-0.4, -0.2) is 35.0 Å². The molecule has 1 saturated heterocycles. The number of carbonyl (C=O) groups is 2. The van der Waals surface area contributed by atoms with Crippen molar-refractivity contribution in [2.24, 2.45) is 17.3 Å².